The van der Waals surface area contributed by atoms with E-state index in [2.05, 4.69) is 5.32 Å². The molecule has 5 nitrogen and oxygen atoms in total. The first kappa shape index (κ1) is 16.7. The summed E-state index contributed by atoms with van der Waals surface area (Å²) < 4.78 is 4.92. The monoisotopic (exact) mass is 259 g/mol. The van der Waals surface area contributed by atoms with Crippen molar-refractivity contribution in [1.82, 2.24) is 5.32 Å². The van der Waals surface area contributed by atoms with Crippen molar-refractivity contribution >= 4 is 12.1 Å². The molecule has 0 radical (unpaired) electrons. The van der Waals surface area contributed by atoms with Gasteiger partial charge in [0.25, 0.3) is 0 Å². The number of amides is 1. The van der Waals surface area contributed by atoms with Crippen molar-refractivity contribution in [2.45, 2.75) is 58.9 Å². The van der Waals surface area contributed by atoms with Gasteiger partial charge in [-0.3, -0.25) is 0 Å². The van der Waals surface area contributed by atoms with Crippen LogP contribution >= 0.6 is 0 Å². The van der Waals surface area contributed by atoms with E-state index in [0.29, 0.717) is 18.9 Å². The molecule has 1 atom stereocenters. The lowest BCUT2D eigenvalue weighted by molar-refractivity contribution is -0.144. The summed E-state index contributed by atoms with van der Waals surface area (Å²) in [5, 5.41) is 11.6. The Kier molecular flexibility index (Phi) is 7.39. The molecule has 0 aliphatic rings. The van der Waals surface area contributed by atoms with Crippen LogP contribution < -0.4 is 5.32 Å². The zero-order valence-corrected chi connectivity index (χ0v) is 11.8. The maximum atomic E-state index is 11.5. The first-order valence-electron chi connectivity index (χ1n) is 6.50. The lowest BCUT2D eigenvalue weighted by Crippen LogP contribution is -2.52. The number of carboxylic acids is 1. The maximum Gasteiger partial charge on any atom is 0.408 e. The Hall–Kier alpha value is -1.26. The molecule has 0 aliphatic carbocycles. The summed E-state index contributed by atoms with van der Waals surface area (Å²) in [5.74, 6) is -0.642. The van der Waals surface area contributed by atoms with Crippen LogP contribution in [0.25, 0.3) is 0 Å². The summed E-state index contributed by atoms with van der Waals surface area (Å²) in [6.07, 6.45) is 2.18. The number of unbranched alkanes of at least 4 members (excludes halogenated alkanes) is 1. The van der Waals surface area contributed by atoms with Crippen LogP contribution in [0.4, 0.5) is 4.79 Å². The molecule has 0 bridgehead atoms. The smallest absolute Gasteiger partial charge is 0.408 e. The second-order valence-corrected chi connectivity index (χ2v) is 5.18. The fourth-order valence-electron chi connectivity index (χ4n) is 1.37. The molecule has 1 amide bonds. The van der Waals surface area contributed by atoms with Crippen LogP contribution in [-0.4, -0.2) is 29.3 Å². The van der Waals surface area contributed by atoms with Gasteiger partial charge in [-0.25, -0.2) is 9.59 Å². The number of carbonyl (C=O) groups excluding carboxylic acids is 1. The van der Waals surface area contributed by atoms with E-state index in [0.717, 1.165) is 19.3 Å². The third-order valence-corrected chi connectivity index (χ3v) is 2.80. The zero-order chi connectivity index (χ0) is 14.2. The van der Waals surface area contributed by atoms with Gasteiger partial charge >= 0.3 is 12.1 Å². The molecule has 0 saturated carbocycles. The molecule has 0 aromatic heterocycles. The van der Waals surface area contributed by atoms with Gasteiger partial charge in [0.05, 0.1) is 6.61 Å². The molecule has 106 valence electrons. The average Bonchev–Trinajstić information content (AvgIpc) is 2.26. The normalized spacial score (nSPS) is 14.1. The fraction of sp³-hybridized carbons (Fsp3) is 0.846. The van der Waals surface area contributed by atoms with E-state index in [9.17, 15) is 14.7 Å². The molecule has 0 aliphatic heterocycles. The Morgan fingerprint density at radius 3 is 2.44 bits per heavy atom. The number of hydrogen-bond donors (Lipinski definition) is 2. The standard InChI is InChI=1S/C13H25NO4/c1-5-6-9-18-12(17)14-13(4,11(15)16)8-7-10(2)3/h10H,5-9H2,1-4H3,(H,14,17)(H,15,16)/t13-/m0/s1. The predicted molar refractivity (Wildman–Crippen MR) is 69.5 cm³/mol. The minimum atomic E-state index is -1.26. The molecular formula is C13H25NO4. The highest BCUT2D eigenvalue weighted by molar-refractivity contribution is 5.83. The summed E-state index contributed by atoms with van der Waals surface area (Å²) >= 11 is 0. The number of carbonyl (C=O) groups is 2. The Bertz CT molecular complexity index is 278. The van der Waals surface area contributed by atoms with Crippen LogP contribution in [0.1, 0.15) is 53.4 Å². The minimum Gasteiger partial charge on any atom is -0.480 e. The van der Waals surface area contributed by atoms with E-state index in [-0.39, 0.29) is 0 Å². The molecule has 0 fully saturated rings. The average molecular weight is 259 g/mol. The molecule has 0 aromatic carbocycles. The second kappa shape index (κ2) is 7.95. The Balaban J connectivity index is 4.33. The SMILES string of the molecule is CCCCOC(=O)N[C@@](C)(CCC(C)C)C(=O)O. The summed E-state index contributed by atoms with van der Waals surface area (Å²) in [6.45, 7) is 7.86. The Morgan fingerprint density at radius 1 is 1.39 bits per heavy atom. The van der Waals surface area contributed by atoms with Crippen molar-refractivity contribution in [2.24, 2.45) is 5.92 Å². The summed E-state index contributed by atoms with van der Waals surface area (Å²) in [4.78, 5) is 22.7. The molecule has 0 aromatic rings. The van der Waals surface area contributed by atoms with Crippen molar-refractivity contribution < 1.29 is 19.4 Å². The third-order valence-electron chi connectivity index (χ3n) is 2.80. The van der Waals surface area contributed by atoms with Gasteiger partial charge in [0.2, 0.25) is 0 Å². The number of hydrogen-bond acceptors (Lipinski definition) is 3. The van der Waals surface area contributed by atoms with Crippen molar-refractivity contribution in [3.8, 4) is 0 Å². The van der Waals surface area contributed by atoms with Crippen LogP contribution in [0.15, 0.2) is 0 Å². The molecule has 5 heteroatoms. The van der Waals surface area contributed by atoms with Crippen molar-refractivity contribution in [3.05, 3.63) is 0 Å². The highest BCUT2D eigenvalue weighted by Crippen LogP contribution is 2.17. The number of carboxylic acid groups (broad SMARTS) is 1. The lowest BCUT2D eigenvalue weighted by atomic mass is 9.92. The quantitative estimate of drug-likeness (QED) is 0.657. The molecule has 2 N–H and O–H groups in total. The van der Waals surface area contributed by atoms with Gasteiger partial charge < -0.3 is 15.2 Å². The topological polar surface area (TPSA) is 75.6 Å². The molecule has 0 saturated heterocycles. The second-order valence-electron chi connectivity index (χ2n) is 5.18. The Morgan fingerprint density at radius 2 is 2.00 bits per heavy atom. The van der Waals surface area contributed by atoms with Crippen LogP contribution in [0, 0.1) is 5.92 Å². The van der Waals surface area contributed by atoms with E-state index in [1.54, 1.807) is 0 Å². The van der Waals surface area contributed by atoms with E-state index >= 15 is 0 Å². The molecule has 0 rings (SSSR count). The van der Waals surface area contributed by atoms with Gasteiger partial charge in [-0.2, -0.15) is 0 Å². The number of alkyl carbamates (subject to hydrolysis) is 1. The fourth-order valence-corrected chi connectivity index (χ4v) is 1.37. The van der Waals surface area contributed by atoms with Crippen LogP contribution in [0.3, 0.4) is 0 Å². The first-order chi connectivity index (χ1) is 8.31. The third kappa shape index (κ3) is 6.47. The van der Waals surface area contributed by atoms with Gasteiger partial charge in [-0.1, -0.05) is 27.2 Å². The molecular weight excluding hydrogens is 234 g/mol. The van der Waals surface area contributed by atoms with Gasteiger partial charge in [-0.15, -0.1) is 0 Å². The zero-order valence-electron chi connectivity index (χ0n) is 11.8. The number of aliphatic carboxylic acids is 1. The van der Waals surface area contributed by atoms with Gasteiger partial charge in [0.1, 0.15) is 5.54 Å². The molecule has 0 heterocycles. The molecule has 0 spiro atoms. The van der Waals surface area contributed by atoms with Crippen LogP contribution in [0.5, 0.6) is 0 Å². The number of nitrogens with one attached hydrogen (secondary N) is 1. The number of ether oxygens (including phenoxy) is 1. The van der Waals surface area contributed by atoms with E-state index in [1.165, 1.54) is 6.92 Å². The largest absolute Gasteiger partial charge is 0.480 e. The van der Waals surface area contributed by atoms with Crippen LogP contribution in [0.2, 0.25) is 0 Å². The van der Waals surface area contributed by atoms with Crippen LogP contribution in [-0.2, 0) is 9.53 Å². The number of rotatable bonds is 8. The van der Waals surface area contributed by atoms with Crippen molar-refractivity contribution in [2.75, 3.05) is 6.61 Å². The Labute approximate surface area is 109 Å². The summed E-state index contributed by atoms with van der Waals surface area (Å²) in [7, 11) is 0. The first-order valence-corrected chi connectivity index (χ1v) is 6.50. The maximum absolute atomic E-state index is 11.5. The van der Waals surface area contributed by atoms with E-state index < -0.39 is 17.6 Å². The minimum absolute atomic E-state index is 0.322. The molecule has 0 unspecified atom stereocenters. The molecule has 18 heavy (non-hydrogen) atoms. The summed E-state index contributed by atoms with van der Waals surface area (Å²) in [5.41, 5.74) is -1.26. The summed E-state index contributed by atoms with van der Waals surface area (Å²) in [6, 6.07) is 0. The van der Waals surface area contributed by atoms with Gasteiger partial charge in [0, 0.05) is 0 Å². The highest BCUT2D eigenvalue weighted by Gasteiger charge is 2.35. The van der Waals surface area contributed by atoms with Gasteiger partial charge in [0.15, 0.2) is 0 Å². The highest BCUT2D eigenvalue weighted by atomic mass is 16.5. The van der Waals surface area contributed by atoms with E-state index in [4.69, 9.17) is 4.74 Å². The van der Waals surface area contributed by atoms with Crippen molar-refractivity contribution in [1.29, 1.82) is 0 Å². The van der Waals surface area contributed by atoms with E-state index in [1.807, 2.05) is 20.8 Å². The van der Waals surface area contributed by atoms with Crippen molar-refractivity contribution in [3.63, 3.8) is 0 Å². The van der Waals surface area contributed by atoms with Gasteiger partial charge in [-0.05, 0) is 32.1 Å². The lowest BCUT2D eigenvalue weighted by Gasteiger charge is -2.26. The predicted octanol–water partition coefficient (Wildman–Crippen LogP) is 2.79.